The highest BCUT2D eigenvalue weighted by atomic mass is 35.5. The Kier molecular flexibility index (Phi) is 7.29. The highest BCUT2D eigenvalue weighted by Crippen LogP contribution is 2.34. The molecule has 0 unspecified atom stereocenters. The number of carbonyl (C=O) groups excluding carboxylic acids is 2. The third-order valence-corrected chi connectivity index (χ3v) is 7.32. The lowest BCUT2D eigenvalue weighted by Crippen LogP contribution is -2.41. The first kappa shape index (κ1) is 22.6. The largest absolute Gasteiger partial charge is 0.496 e. The van der Waals surface area contributed by atoms with Crippen molar-refractivity contribution >= 4 is 52.2 Å². The molecule has 1 aliphatic heterocycles. The number of benzene rings is 2. The van der Waals surface area contributed by atoms with Crippen LogP contribution in [0, 0.1) is 5.92 Å². The van der Waals surface area contributed by atoms with Crippen LogP contribution in [0.2, 0.25) is 5.02 Å². The third-order valence-electron chi connectivity index (χ3n) is 5.23. The molecule has 3 aromatic rings. The molecular formula is C22H21ClN4O3S2. The lowest BCUT2D eigenvalue weighted by atomic mass is 9.95. The van der Waals surface area contributed by atoms with Gasteiger partial charge in [0.05, 0.1) is 18.4 Å². The molecule has 2 aromatic carbocycles. The van der Waals surface area contributed by atoms with Crippen molar-refractivity contribution in [2.75, 3.05) is 25.5 Å². The molecular weight excluding hydrogens is 468 g/mol. The van der Waals surface area contributed by atoms with Gasteiger partial charge in [-0.2, -0.15) is 0 Å². The first-order valence-electron chi connectivity index (χ1n) is 10.0. The summed E-state index contributed by atoms with van der Waals surface area (Å²) in [5.41, 5.74) is 2.86. The summed E-state index contributed by atoms with van der Waals surface area (Å²) in [5.74, 6) is 0.147. The van der Waals surface area contributed by atoms with Crippen LogP contribution in [-0.4, -0.2) is 47.1 Å². The number of rotatable bonds is 6. The normalized spacial score (nSPS) is 14.2. The second kappa shape index (κ2) is 10.3. The van der Waals surface area contributed by atoms with E-state index in [1.54, 1.807) is 28.6 Å². The van der Waals surface area contributed by atoms with Crippen LogP contribution in [0.25, 0.3) is 0 Å². The van der Waals surface area contributed by atoms with E-state index in [1.807, 2.05) is 24.3 Å². The molecule has 0 radical (unpaired) electrons. The van der Waals surface area contributed by atoms with E-state index in [2.05, 4.69) is 15.5 Å². The molecule has 1 N–H and O–H groups in total. The standard InChI is InChI=1S/C22H21ClN4O3S2/c1-30-18-7-6-15(23)12-16(18)21(29)27-10-8-14(9-11-27)20(28)25-17-4-2-3-5-19(17)32-22-26-24-13-31-22/h2-7,12-14H,8-11H2,1H3,(H,25,28). The predicted molar refractivity (Wildman–Crippen MR) is 126 cm³/mol. The molecule has 7 nitrogen and oxygen atoms in total. The number of aromatic nitrogens is 2. The number of para-hydroxylation sites is 1. The molecule has 1 saturated heterocycles. The summed E-state index contributed by atoms with van der Waals surface area (Å²) >= 11 is 8.99. The quantitative estimate of drug-likeness (QED) is 0.534. The van der Waals surface area contributed by atoms with Gasteiger partial charge >= 0.3 is 0 Å². The minimum absolute atomic E-state index is 0.0391. The van der Waals surface area contributed by atoms with E-state index >= 15 is 0 Å². The summed E-state index contributed by atoms with van der Waals surface area (Å²) < 4.78 is 6.12. The molecule has 1 aromatic heterocycles. The molecule has 0 aliphatic carbocycles. The Balaban J connectivity index is 1.37. The zero-order chi connectivity index (χ0) is 22.5. The number of ether oxygens (including phenoxy) is 1. The average molecular weight is 489 g/mol. The smallest absolute Gasteiger partial charge is 0.257 e. The molecule has 32 heavy (non-hydrogen) atoms. The summed E-state index contributed by atoms with van der Waals surface area (Å²) in [6.45, 7) is 0.988. The molecule has 2 heterocycles. The summed E-state index contributed by atoms with van der Waals surface area (Å²) in [5, 5.41) is 11.4. The fraction of sp³-hybridized carbons (Fsp3) is 0.273. The van der Waals surface area contributed by atoms with Gasteiger partial charge in [-0.3, -0.25) is 9.59 Å². The van der Waals surface area contributed by atoms with Crippen molar-refractivity contribution < 1.29 is 14.3 Å². The molecule has 0 bridgehead atoms. The van der Waals surface area contributed by atoms with Gasteiger partial charge in [0.1, 0.15) is 11.3 Å². The number of nitrogens with one attached hydrogen (secondary N) is 1. The van der Waals surface area contributed by atoms with Crippen molar-refractivity contribution in [3.05, 3.63) is 58.6 Å². The molecule has 0 saturated carbocycles. The Morgan fingerprint density at radius 3 is 2.72 bits per heavy atom. The van der Waals surface area contributed by atoms with Crippen LogP contribution in [-0.2, 0) is 4.79 Å². The van der Waals surface area contributed by atoms with E-state index in [0.29, 0.717) is 42.3 Å². The average Bonchev–Trinajstić information content (AvgIpc) is 3.33. The van der Waals surface area contributed by atoms with Gasteiger partial charge < -0.3 is 15.0 Å². The first-order chi connectivity index (χ1) is 15.5. The van der Waals surface area contributed by atoms with Gasteiger partial charge in [-0.1, -0.05) is 46.8 Å². The number of halogens is 1. The van der Waals surface area contributed by atoms with E-state index in [1.165, 1.54) is 30.2 Å². The van der Waals surface area contributed by atoms with Crippen molar-refractivity contribution in [2.24, 2.45) is 5.92 Å². The summed E-state index contributed by atoms with van der Waals surface area (Å²) in [4.78, 5) is 28.6. The number of amides is 2. The number of hydrogen-bond acceptors (Lipinski definition) is 7. The molecule has 166 valence electrons. The molecule has 4 rings (SSSR count). The lowest BCUT2D eigenvalue weighted by Gasteiger charge is -2.31. The Morgan fingerprint density at radius 1 is 1.22 bits per heavy atom. The second-order valence-electron chi connectivity index (χ2n) is 7.20. The SMILES string of the molecule is COc1ccc(Cl)cc1C(=O)N1CCC(C(=O)Nc2ccccc2Sc2nncs2)CC1. The number of nitrogens with zero attached hydrogens (tertiary/aromatic N) is 3. The monoisotopic (exact) mass is 488 g/mol. The van der Waals surface area contributed by atoms with Crippen LogP contribution in [0.3, 0.4) is 0 Å². The van der Waals surface area contributed by atoms with Crippen LogP contribution in [0.5, 0.6) is 5.75 Å². The van der Waals surface area contributed by atoms with Gasteiger partial charge in [-0.05, 0) is 43.2 Å². The molecule has 1 aliphatic rings. The number of methoxy groups -OCH3 is 1. The van der Waals surface area contributed by atoms with Crippen molar-refractivity contribution in [3.63, 3.8) is 0 Å². The Labute approximate surface area is 199 Å². The number of piperidine rings is 1. The van der Waals surface area contributed by atoms with Gasteiger partial charge in [0, 0.05) is 28.9 Å². The van der Waals surface area contributed by atoms with Crippen LogP contribution >= 0.6 is 34.7 Å². The number of likely N-dealkylation sites (tertiary alicyclic amines) is 1. The number of anilines is 1. The Morgan fingerprint density at radius 2 is 2.00 bits per heavy atom. The molecule has 10 heteroatoms. The fourth-order valence-electron chi connectivity index (χ4n) is 3.56. The maximum Gasteiger partial charge on any atom is 0.257 e. The summed E-state index contributed by atoms with van der Waals surface area (Å²) in [6, 6.07) is 12.6. The van der Waals surface area contributed by atoms with Crippen molar-refractivity contribution in [2.45, 2.75) is 22.1 Å². The zero-order valence-corrected chi connectivity index (χ0v) is 19.7. The zero-order valence-electron chi connectivity index (χ0n) is 17.3. The van der Waals surface area contributed by atoms with E-state index in [-0.39, 0.29) is 17.7 Å². The van der Waals surface area contributed by atoms with Crippen molar-refractivity contribution in [1.82, 2.24) is 15.1 Å². The predicted octanol–water partition coefficient (Wildman–Crippen LogP) is 4.84. The van der Waals surface area contributed by atoms with Crippen molar-refractivity contribution in [1.29, 1.82) is 0 Å². The fourth-order valence-corrected chi connectivity index (χ4v) is 5.25. The van der Waals surface area contributed by atoms with Gasteiger partial charge in [0.25, 0.3) is 5.91 Å². The minimum atomic E-state index is -0.167. The van der Waals surface area contributed by atoms with E-state index in [0.717, 1.165) is 14.9 Å². The number of carbonyl (C=O) groups is 2. The molecule has 0 atom stereocenters. The summed E-state index contributed by atoms with van der Waals surface area (Å²) in [6.07, 6.45) is 1.18. The van der Waals surface area contributed by atoms with Crippen molar-refractivity contribution in [3.8, 4) is 5.75 Å². The summed E-state index contributed by atoms with van der Waals surface area (Å²) in [7, 11) is 1.53. The van der Waals surface area contributed by atoms with Crippen LogP contribution < -0.4 is 10.1 Å². The topological polar surface area (TPSA) is 84.4 Å². The molecule has 0 spiro atoms. The maximum atomic E-state index is 13.0. The highest BCUT2D eigenvalue weighted by Gasteiger charge is 2.29. The van der Waals surface area contributed by atoms with Crippen LogP contribution in [0.4, 0.5) is 5.69 Å². The van der Waals surface area contributed by atoms with E-state index in [9.17, 15) is 9.59 Å². The Hall–Kier alpha value is -2.62. The lowest BCUT2D eigenvalue weighted by molar-refractivity contribution is -0.121. The first-order valence-corrected chi connectivity index (χ1v) is 12.1. The number of hydrogen-bond donors (Lipinski definition) is 1. The molecule has 1 fully saturated rings. The van der Waals surface area contributed by atoms with Crippen LogP contribution in [0.1, 0.15) is 23.2 Å². The van der Waals surface area contributed by atoms with Crippen LogP contribution in [0.15, 0.2) is 57.2 Å². The van der Waals surface area contributed by atoms with E-state index in [4.69, 9.17) is 16.3 Å². The third kappa shape index (κ3) is 5.23. The molecule has 2 amide bonds. The Bertz CT molecular complexity index is 1100. The van der Waals surface area contributed by atoms with Gasteiger partial charge in [0.2, 0.25) is 5.91 Å². The maximum absolute atomic E-state index is 13.0. The second-order valence-corrected chi connectivity index (χ2v) is 9.76. The van der Waals surface area contributed by atoms with Gasteiger partial charge in [-0.15, -0.1) is 10.2 Å². The highest BCUT2D eigenvalue weighted by molar-refractivity contribution is 8.01. The van der Waals surface area contributed by atoms with Gasteiger partial charge in [0.15, 0.2) is 4.34 Å². The minimum Gasteiger partial charge on any atom is -0.496 e. The van der Waals surface area contributed by atoms with Gasteiger partial charge in [-0.25, -0.2) is 0 Å². The van der Waals surface area contributed by atoms with E-state index < -0.39 is 0 Å².